The van der Waals surface area contributed by atoms with Gasteiger partial charge in [-0.2, -0.15) is 4.57 Å². The van der Waals surface area contributed by atoms with Gasteiger partial charge in [0.05, 0.1) is 7.05 Å². The third kappa shape index (κ3) is 1.98. The first-order valence-corrected chi connectivity index (χ1v) is 3.52. The Labute approximate surface area is 69.8 Å². The highest BCUT2D eigenvalue weighted by Gasteiger charge is 2.13. The lowest BCUT2D eigenvalue weighted by atomic mass is 10.6. The molecule has 0 aliphatic rings. The number of rotatable bonds is 2. The van der Waals surface area contributed by atoms with Gasteiger partial charge in [-0.05, 0) is 0 Å². The smallest absolute Gasteiger partial charge is 0.450 e. The van der Waals surface area contributed by atoms with Gasteiger partial charge in [0.1, 0.15) is 12.4 Å². The van der Waals surface area contributed by atoms with Crippen molar-refractivity contribution in [2.24, 2.45) is 7.05 Å². The molecule has 0 saturated carbocycles. The number of nitrogens with zero attached hydrogens (tertiary/aromatic N) is 2. The van der Waals surface area contributed by atoms with Gasteiger partial charge in [-0.1, -0.05) is 0 Å². The van der Waals surface area contributed by atoms with Gasteiger partial charge in [0.15, 0.2) is 0 Å². The Kier molecular flexibility index (Phi) is 2.32. The van der Waals surface area contributed by atoms with Crippen LogP contribution in [0.15, 0.2) is 18.7 Å². The molecule has 1 N–H and O–H groups in total. The Morgan fingerprint density at radius 2 is 2.42 bits per heavy atom. The van der Waals surface area contributed by atoms with Crippen LogP contribution in [0.5, 0.6) is 0 Å². The van der Waals surface area contributed by atoms with Gasteiger partial charge >= 0.3 is 6.16 Å². The first-order chi connectivity index (χ1) is 5.59. The van der Waals surface area contributed by atoms with E-state index in [0.29, 0.717) is 0 Å². The molecule has 0 aromatic carbocycles. The Balaban J connectivity index is 2.64. The first kappa shape index (κ1) is 8.58. The maximum absolute atomic E-state index is 10.1. The van der Waals surface area contributed by atoms with Crippen molar-refractivity contribution >= 4 is 6.16 Å². The highest BCUT2D eigenvalue weighted by molar-refractivity contribution is 5.56. The minimum atomic E-state index is -1.26. The molecule has 1 rings (SSSR count). The van der Waals surface area contributed by atoms with Crippen LogP contribution in [0, 0.1) is 0 Å². The summed E-state index contributed by atoms with van der Waals surface area (Å²) < 4.78 is 7.98. The van der Waals surface area contributed by atoms with E-state index < -0.39 is 12.4 Å². The maximum Gasteiger partial charge on any atom is 0.509 e. The minimum Gasteiger partial charge on any atom is -0.450 e. The van der Waals surface area contributed by atoms with Crippen LogP contribution in [0.2, 0.25) is 0 Å². The van der Waals surface area contributed by atoms with E-state index in [0.717, 1.165) is 0 Å². The molecule has 1 aromatic heterocycles. The van der Waals surface area contributed by atoms with Crippen molar-refractivity contribution in [1.29, 1.82) is 0 Å². The summed E-state index contributed by atoms with van der Waals surface area (Å²) in [5.74, 6) is 0. The van der Waals surface area contributed by atoms with E-state index in [1.54, 1.807) is 24.0 Å². The number of hydrogen-bond donors (Lipinski definition) is 1. The van der Waals surface area contributed by atoms with Crippen LogP contribution in [-0.4, -0.2) is 15.8 Å². The van der Waals surface area contributed by atoms with Crippen molar-refractivity contribution < 1.29 is 19.2 Å². The first-order valence-electron chi connectivity index (χ1n) is 3.52. The zero-order valence-corrected chi connectivity index (χ0v) is 6.97. The number of imidazole rings is 1. The summed E-state index contributed by atoms with van der Waals surface area (Å²) in [6.07, 6.45) is 3.55. The quantitative estimate of drug-likeness (QED) is 0.521. The number of aromatic nitrogens is 2. The Morgan fingerprint density at radius 1 is 1.75 bits per heavy atom. The van der Waals surface area contributed by atoms with E-state index in [-0.39, 0.29) is 0 Å². The van der Waals surface area contributed by atoms with Gasteiger partial charge in [-0.3, -0.25) is 0 Å². The van der Waals surface area contributed by atoms with E-state index in [1.165, 1.54) is 0 Å². The summed E-state index contributed by atoms with van der Waals surface area (Å²) in [6, 6.07) is 0. The highest BCUT2D eigenvalue weighted by Crippen LogP contribution is 2.04. The Hall–Kier alpha value is -1.52. The van der Waals surface area contributed by atoms with Crippen molar-refractivity contribution in [2.75, 3.05) is 0 Å². The van der Waals surface area contributed by atoms with Crippen LogP contribution in [0.1, 0.15) is 13.2 Å². The average Bonchev–Trinajstić information content (AvgIpc) is 2.34. The van der Waals surface area contributed by atoms with Crippen molar-refractivity contribution in [1.82, 2.24) is 4.57 Å². The largest absolute Gasteiger partial charge is 0.509 e. The van der Waals surface area contributed by atoms with E-state index in [4.69, 9.17) is 5.11 Å². The van der Waals surface area contributed by atoms with Crippen LogP contribution in [0.3, 0.4) is 0 Å². The van der Waals surface area contributed by atoms with Gasteiger partial charge in [-0.15, -0.1) is 0 Å². The molecule has 12 heavy (non-hydrogen) atoms. The van der Waals surface area contributed by atoms with Crippen LogP contribution >= 0.6 is 0 Å². The summed E-state index contributed by atoms with van der Waals surface area (Å²) in [7, 11) is 1.85. The number of aryl methyl sites for hydroxylation is 1. The molecular formula is C7H11N2O3+. The second kappa shape index (κ2) is 3.25. The van der Waals surface area contributed by atoms with Crippen molar-refractivity contribution in [3.8, 4) is 0 Å². The van der Waals surface area contributed by atoms with Crippen molar-refractivity contribution in [2.45, 2.75) is 13.2 Å². The SMILES string of the molecule is CC(OC(=O)O)n1cc[n+](C)c1. The lowest BCUT2D eigenvalue weighted by molar-refractivity contribution is -0.671. The summed E-state index contributed by atoms with van der Waals surface area (Å²) >= 11 is 0. The molecule has 0 saturated heterocycles. The maximum atomic E-state index is 10.1. The molecule has 1 atom stereocenters. The highest BCUT2D eigenvalue weighted by atomic mass is 16.7. The molecule has 1 aromatic rings. The molecule has 1 unspecified atom stereocenters. The predicted octanol–water partition coefficient (Wildman–Crippen LogP) is 0.526. The summed E-state index contributed by atoms with van der Waals surface area (Å²) in [4.78, 5) is 10.1. The van der Waals surface area contributed by atoms with E-state index in [1.807, 2.05) is 17.8 Å². The number of carboxylic acid groups (broad SMARTS) is 1. The fraction of sp³-hybridized carbons (Fsp3) is 0.429. The molecule has 0 aliphatic carbocycles. The zero-order chi connectivity index (χ0) is 9.14. The number of ether oxygens (including phenoxy) is 1. The topological polar surface area (TPSA) is 55.3 Å². The Morgan fingerprint density at radius 3 is 2.83 bits per heavy atom. The van der Waals surface area contributed by atoms with E-state index >= 15 is 0 Å². The van der Waals surface area contributed by atoms with Crippen LogP contribution < -0.4 is 4.57 Å². The number of hydrogen-bond acceptors (Lipinski definition) is 2. The fourth-order valence-electron chi connectivity index (χ4n) is 0.891. The molecular weight excluding hydrogens is 160 g/mol. The average molecular weight is 171 g/mol. The second-order valence-electron chi connectivity index (χ2n) is 2.51. The van der Waals surface area contributed by atoms with E-state index in [9.17, 15) is 4.79 Å². The molecule has 0 radical (unpaired) electrons. The van der Waals surface area contributed by atoms with Gasteiger partial charge in [0.25, 0.3) is 0 Å². The molecule has 0 amide bonds. The summed E-state index contributed by atoms with van der Waals surface area (Å²) in [5.41, 5.74) is 0. The van der Waals surface area contributed by atoms with Crippen LogP contribution in [-0.2, 0) is 11.8 Å². The summed E-state index contributed by atoms with van der Waals surface area (Å²) in [5, 5.41) is 8.31. The van der Waals surface area contributed by atoms with Crippen molar-refractivity contribution in [3.63, 3.8) is 0 Å². The molecule has 0 spiro atoms. The van der Waals surface area contributed by atoms with Crippen LogP contribution in [0.25, 0.3) is 0 Å². The molecule has 0 bridgehead atoms. The third-order valence-electron chi connectivity index (χ3n) is 1.48. The van der Waals surface area contributed by atoms with Crippen molar-refractivity contribution in [3.05, 3.63) is 18.7 Å². The summed E-state index contributed by atoms with van der Waals surface area (Å²) in [6.45, 7) is 1.66. The number of carbonyl (C=O) groups is 1. The van der Waals surface area contributed by atoms with E-state index in [2.05, 4.69) is 4.74 Å². The zero-order valence-electron chi connectivity index (χ0n) is 6.97. The van der Waals surface area contributed by atoms with Crippen LogP contribution in [0.4, 0.5) is 4.79 Å². The van der Waals surface area contributed by atoms with Gasteiger partial charge in [0.2, 0.25) is 12.6 Å². The van der Waals surface area contributed by atoms with Gasteiger partial charge in [-0.25, -0.2) is 9.36 Å². The standard InChI is InChI=1S/C7H10N2O3/c1-6(12-7(10)11)9-4-3-8(2)5-9/h3-6H,1-2H3/p+1. The molecule has 5 heteroatoms. The molecule has 0 fully saturated rings. The fourth-order valence-corrected chi connectivity index (χ4v) is 0.891. The minimum absolute atomic E-state index is 0.483. The molecule has 0 aliphatic heterocycles. The normalized spacial score (nSPS) is 12.5. The second-order valence-corrected chi connectivity index (χ2v) is 2.51. The monoisotopic (exact) mass is 171 g/mol. The molecule has 5 nitrogen and oxygen atoms in total. The van der Waals surface area contributed by atoms with Gasteiger partial charge in [0, 0.05) is 6.92 Å². The lowest BCUT2D eigenvalue weighted by Crippen LogP contribution is -2.24. The molecule has 66 valence electrons. The van der Waals surface area contributed by atoms with Gasteiger partial charge < -0.3 is 9.84 Å². The predicted molar refractivity (Wildman–Crippen MR) is 39.4 cm³/mol. The Bertz CT molecular complexity index is 282. The molecule has 1 heterocycles. The lowest BCUT2D eigenvalue weighted by Gasteiger charge is -2.05. The third-order valence-corrected chi connectivity index (χ3v) is 1.48.